The lowest BCUT2D eigenvalue weighted by atomic mass is 9.91. The number of rotatable bonds is 3. The van der Waals surface area contributed by atoms with Crippen molar-refractivity contribution >= 4 is 22.8 Å². The van der Waals surface area contributed by atoms with E-state index in [2.05, 4.69) is 10.2 Å². The number of nitrogens with zero attached hydrogens (tertiary/aromatic N) is 2. The molecule has 1 fully saturated rings. The zero-order chi connectivity index (χ0) is 15.7. The summed E-state index contributed by atoms with van der Waals surface area (Å²) in [6.45, 7) is 0.488. The maximum Gasteiger partial charge on any atom is 0.335 e. The number of fused-ring (bicyclic) bond motifs is 1. The highest BCUT2D eigenvalue weighted by Crippen LogP contribution is 2.23. The minimum absolute atomic E-state index is 0.0534. The first-order chi connectivity index (χ1) is 10.5. The summed E-state index contributed by atoms with van der Waals surface area (Å²) in [6.07, 6.45) is 0.293. The van der Waals surface area contributed by atoms with Crippen molar-refractivity contribution in [2.45, 2.75) is 24.9 Å². The van der Waals surface area contributed by atoms with E-state index in [1.807, 2.05) is 24.3 Å². The number of likely N-dealkylation sites (tertiary alicyclic amines) is 1. The third-order valence-electron chi connectivity index (χ3n) is 4.21. The minimum Gasteiger partial charge on any atom is -0.479 e. The van der Waals surface area contributed by atoms with Gasteiger partial charge < -0.3 is 15.1 Å². The van der Waals surface area contributed by atoms with Gasteiger partial charge in [-0.25, -0.2) is 4.79 Å². The van der Waals surface area contributed by atoms with Crippen molar-refractivity contribution in [3.8, 4) is 0 Å². The van der Waals surface area contributed by atoms with Crippen LogP contribution in [0.25, 0.3) is 10.9 Å². The summed E-state index contributed by atoms with van der Waals surface area (Å²) in [7, 11) is 0. The summed E-state index contributed by atoms with van der Waals surface area (Å²) >= 11 is 0. The predicted molar refractivity (Wildman–Crippen MR) is 78.2 cm³/mol. The highest BCUT2D eigenvalue weighted by atomic mass is 16.4. The number of aliphatic hydroxyl groups is 1. The van der Waals surface area contributed by atoms with E-state index in [-0.39, 0.29) is 38.3 Å². The Morgan fingerprint density at radius 1 is 1.27 bits per heavy atom. The SMILES string of the molecule is O=C(Cc1[nH]nc2ccccc12)N1CCC(O)(C(=O)O)CC1. The van der Waals surface area contributed by atoms with E-state index in [9.17, 15) is 14.7 Å². The van der Waals surface area contributed by atoms with Gasteiger partial charge in [0.25, 0.3) is 0 Å². The third-order valence-corrected chi connectivity index (χ3v) is 4.21. The van der Waals surface area contributed by atoms with Crippen LogP contribution in [0.5, 0.6) is 0 Å². The molecule has 1 amide bonds. The fourth-order valence-corrected chi connectivity index (χ4v) is 2.75. The van der Waals surface area contributed by atoms with Gasteiger partial charge in [0, 0.05) is 31.3 Å². The maximum atomic E-state index is 12.3. The van der Waals surface area contributed by atoms with Crippen molar-refractivity contribution in [1.82, 2.24) is 15.1 Å². The average molecular weight is 303 g/mol. The second-order valence-corrected chi connectivity index (χ2v) is 5.61. The molecule has 3 N–H and O–H groups in total. The lowest BCUT2D eigenvalue weighted by molar-refractivity contribution is -0.165. The largest absolute Gasteiger partial charge is 0.479 e. The van der Waals surface area contributed by atoms with Crippen LogP contribution in [0.1, 0.15) is 18.5 Å². The van der Waals surface area contributed by atoms with Crippen LogP contribution >= 0.6 is 0 Å². The molecule has 1 aromatic carbocycles. The van der Waals surface area contributed by atoms with E-state index >= 15 is 0 Å². The van der Waals surface area contributed by atoms with Gasteiger partial charge in [0.15, 0.2) is 5.60 Å². The first-order valence-corrected chi connectivity index (χ1v) is 7.15. The van der Waals surface area contributed by atoms with Crippen LogP contribution in [0.15, 0.2) is 24.3 Å². The van der Waals surface area contributed by atoms with Crippen LogP contribution < -0.4 is 0 Å². The number of carbonyl (C=O) groups is 2. The van der Waals surface area contributed by atoms with Gasteiger partial charge in [-0.2, -0.15) is 5.10 Å². The van der Waals surface area contributed by atoms with Gasteiger partial charge in [-0.3, -0.25) is 9.89 Å². The van der Waals surface area contributed by atoms with E-state index in [4.69, 9.17) is 5.11 Å². The number of amides is 1. The fourth-order valence-electron chi connectivity index (χ4n) is 2.75. The van der Waals surface area contributed by atoms with Gasteiger partial charge in [0.2, 0.25) is 5.91 Å². The number of nitrogens with one attached hydrogen (secondary N) is 1. The molecule has 0 unspecified atom stereocenters. The first kappa shape index (κ1) is 14.5. The topological polar surface area (TPSA) is 107 Å². The molecule has 0 saturated carbocycles. The minimum atomic E-state index is -1.71. The van der Waals surface area contributed by atoms with E-state index in [1.54, 1.807) is 4.90 Å². The number of hydrogen-bond donors (Lipinski definition) is 3. The van der Waals surface area contributed by atoms with Gasteiger partial charge in [0.05, 0.1) is 17.6 Å². The monoisotopic (exact) mass is 303 g/mol. The van der Waals surface area contributed by atoms with Gasteiger partial charge in [-0.05, 0) is 6.07 Å². The van der Waals surface area contributed by atoms with Crippen molar-refractivity contribution in [1.29, 1.82) is 0 Å². The van der Waals surface area contributed by atoms with Crippen LogP contribution in [0.3, 0.4) is 0 Å². The van der Waals surface area contributed by atoms with Crippen molar-refractivity contribution < 1.29 is 19.8 Å². The number of para-hydroxylation sites is 1. The number of aromatic nitrogens is 2. The molecule has 7 heteroatoms. The highest BCUT2D eigenvalue weighted by molar-refractivity contribution is 5.87. The number of carboxylic acids is 1. The number of aliphatic carboxylic acids is 1. The normalized spacial score (nSPS) is 17.6. The van der Waals surface area contributed by atoms with Crippen molar-refractivity contribution in [3.05, 3.63) is 30.0 Å². The molecule has 1 aliphatic rings. The Bertz CT molecular complexity index is 716. The Morgan fingerprint density at radius 2 is 1.95 bits per heavy atom. The smallest absolute Gasteiger partial charge is 0.335 e. The molecule has 1 aromatic heterocycles. The standard InChI is InChI=1S/C15H17N3O4/c19-13(18-7-5-15(22,6-8-18)14(20)21)9-12-10-3-1-2-4-11(10)16-17-12/h1-4,22H,5-9H2,(H,16,17)(H,20,21). The molecule has 0 bridgehead atoms. The summed E-state index contributed by atoms with van der Waals surface area (Å²) in [4.78, 5) is 24.9. The molecule has 0 radical (unpaired) electrons. The molecule has 2 aromatic rings. The Kier molecular flexibility index (Phi) is 3.58. The van der Waals surface area contributed by atoms with E-state index < -0.39 is 11.6 Å². The Morgan fingerprint density at radius 3 is 2.64 bits per heavy atom. The molecule has 2 heterocycles. The van der Waals surface area contributed by atoms with Crippen LogP contribution in [0.4, 0.5) is 0 Å². The van der Waals surface area contributed by atoms with Crippen LogP contribution in [0.2, 0.25) is 0 Å². The van der Waals surface area contributed by atoms with Crippen molar-refractivity contribution in [2.24, 2.45) is 0 Å². The third kappa shape index (κ3) is 2.55. The van der Waals surface area contributed by atoms with Gasteiger partial charge >= 0.3 is 5.97 Å². The molecule has 0 aliphatic carbocycles. The van der Waals surface area contributed by atoms with Crippen LogP contribution in [-0.4, -0.2) is 55.9 Å². The van der Waals surface area contributed by atoms with Gasteiger partial charge in [0.1, 0.15) is 0 Å². The molecule has 1 saturated heterocycles. The van der Waals surface area contributed by atoms with Gasteiger partial charge in [-0.15, -0.1) is 0 Å². The summed E-state index contributed by atoms with van der Waals surface area (Å²) in [6, 6.07) is 7.54. The quantitative estimate of drug-likeness (QED) is 0.767. The lowest BCUT2D eigenvalue weighted by Crippen LogP contribution is -2.51. The number of hydrogen-bond acceptors (Lipinski definition) is 4. The van der Waals surface area contributed by atoms with Crippen molar-refractivity contribution in [2.75, 3.05) is 13.1 Å². The molecule has 116 valence electrons. The molecule has 0 atom stereocenters. The Balaban J connectivity index is 1.67. The molecule has 1 aliphatic heterocycles. The number of carboxylic acid groups (broad SMARTS) is 1. The molecule has 3 rings (SSSR count). The van der Waals surface area contributed by atoms with Crippen molar-refractivity contribution in [3.63, 3.8) is 0 Å². The number of benzene rings is 1. The summed E-state index contributed by atoms with van der Waals surface area (Å²) < 4.78 is 0. The first-order valence-electron chi connectivity index (χ1n) is 7.15. The zero-order valence-electron chi connectivity index (χ0n) is 12.0. The molecular weight excluding hydrogens is 286 g/mol. The number of piperidine rings is 1. The molecule has 0 spiro atoms. The summed E-state index contributed by atoms with van der Waals surface area (Å²) in [5.41, 5.74) is -0.152. The zero-order valence-corrected chi connectivity index (χ0v) is 12.0. The predicted octanol–water partition coefficient (Wildman–Crippen LogP) is 0.543. The second-order valence-electron chi connectivity index (χ2n) is 5.61. The second kappa shape index (κ2) is 5.42. The van der Waals surface area contributed by atoms with E-state index in [0.29, 0.717) is 0 Å². The number of H-pyrrole nitrogens is 1. The van der Waals surface area contributed by atoms with Crippen LogP contribution in [-0.2, 0) is 16.0 Å². The molecular formula is C15H17N3O4. The van der Waals surface area contributed by atoms with Crippen LogP contribution in [0, 0.1) is 0 Å². The molecule has 7 nitrogen and oxygen atoms in total. The van der Waals surface area contributed by atoms with Gasteiger partial charge in [-0.1, -0.05) is 18.2 Å². The average Bonchev–Trinajstić information content (AvgIpc) is 2.91. The van der Waals surface area contributed by atoms with E-state index in [1.165, 1.54) is 0 Å². The summed E-state index contributed by atoms with van der Waals surface area (Å²) in [5, 5.41) is 26.8. The number of aromatic amines is 1. The van der Waals surface area contributed by atoms with E-state index in [0.717, 1.165) is 16.6 Å². The Labute approximate surface area is 126 Å². The Hall–Kier alpha value is -2.41. The number of carbonyl (C=O) groups excluding carboxylic acids is 1. The fraction of sp³-hybridized carbons (Fsp3) is 0.400. The summed E-state index contributed by atoms with van der Waals surface area (Å²) in [5.74, 6) is -1.32. The lowest BCUT2D eigenvalue weighted by Gasteiger charge is -2.35. The maximum absolute atomic E-state index is 12.3. The highest BCUT2D eigenvalue weighted by Gasteiger charge is 2.40. The molecule has 22 heavy (non-hydrogen) atoms.